The predicted octanol–water partition coefficient (Wildman–Crippen LogP) is 7.05. The number of hydrogen-bond donors (Lipinski definition) is 3. The predicted molar refractivity (Wildman–Crippen MR) is 285 cm³/mol. The van der Waals surface area contributed by atoms with Crippen LogP contribution in [0.4, 0.5) is 42.3 Å². The van der Waals surface area contributed by atoms with E-state index in [1.807, 2.05) is 43.9 Å². The van der Waals surface area contributed by atoms with Gasteiger partial charge in [0.1, 0.15) is 51.8 Å². The van der Waals surface area contributed by atoms with Gasteiger partial charge in [0.2, 0.25) is 11.1 Å². The maximum Gasteiger partial charge on any atom is 0.410 e. The highest BCUT2D eigenvalue weighted by atomic mass is 32.2. The fourth-order valence-electron chi connectivity index (χ4n) is 11.3. The number of nitriles is 2. The quantitative estimate of drug-likeness (QED) is 0.107. The van der Waals surface area contributed by atoms with Crippen LogP contribution in [0.25, 0.3) is 22.1 Å². The second-order valence-corrected chi connectivity index (χ2v) is 23.4. The minimum Gasteiger partial charge on any atom is -0.444 e. The van der Waals surface area contributed by atoms with Gasteiger partial charge in [-0.3, -0.25) is 22.9 Å². The van der Waals surface area contributed by atoms with Crippen LogP contribution >= 0.6 is 0 Å². The number of pyridine rings is 2. The molecule has 2 spiro atoms. The summed E-state index contributed by atoms with van der Waals surface area (Å²) in [4.78, 5) is 60.4. The van der Waals surface area contributed by atoms with Crippen LogP contribution in [0.3, 0.4) is 0 Å². The summed E-state index contributed by atoms with van der Waals surface area (Å²) in [6.45, 7) is 12.2. The molecule has 19 nitrogen and oxygen atoms in total. The summed E-state index contributed by atoms with van der Waals surface area (Å²) in [6, 6.07) is 16.9. The molecule has 1 amide bonds. The van der Waals surface area contributed by atoms with E-state index in [1.54, 1.807) is 44.5 Å². The van der Waals surface area contributed by atoms with E-state index in [0.717, 1.165) is 90.6 Å². The number of rotatable bonds is 7. The molecule has 1 atom stereocenters. The van der Waals surface area contributed by atoms with Gasteiger partial charge in [-0.15, -0.1) is 0 Å². The highest BCUT2D eigenvalue weighted by Gasteiger charge is 2.54. The van der Waals surface area contributed by atoms with E-state index >= 15 is 0 Å². The number of hydrogen-bond acceptors (Lipinski definition) is 16. The molecule has 1 unspecified atom stereocenters. The zero-order valence-electron chi connectivity index (χ0n) is 42.9. The number of ether oxygens (including phenoxy) is 1. The van der Waals surface area contributed by atoms with Crippen LogP contribution in [0.15, 0.2) is 75.7 Å². The number of fused-ring (bicyclic) bond motifs is 2. The Hall–Kier alpha value is -7.56. The van der Waals surface area contributed by atoms with E-state index in [2.05, 4.69) is 35.5 Å². The number of halogens is 2. The Balaban J connectivity index is 0.000000135. The second kappa shape index (κ2) is 20.5. The summed E-state index contributed by atoms with van der Waals surface area (Å²) in [5, 5.41) is 26.4. The van der Waals surface area contributed by atoms with Gasteiger partial charge in [0, 0.05) is 116 Å². The number of likely N-dealkylation sites (tertiary alicyclic amines) is 1. The molecule has 0 radical (unpaired) electrons. The smallest absolute Gasteiger partial charge is 0.410 e. The topological polar surface area (TPSA) is 246 Å². The Labute approximate surface area is 440 Å². The fourth-order valence-corrected chi connectivity index (χ4v) is 11.7. The average molecular weight is 1060 g/mol. The van der Waals surface area contributed by atoms with Crippen LogP contribution in [0.5, 0.6) is 0 Å². The molecular weight excluding hydrogens is 995 g/mol. The largest absolute Gasteiger partial charge is 0.444 e. The third kappa shape index (κ3) is 10.4. The Morgan fingerprint density at radius 3 is 1.76 bits per heavy atom. The zero-order valence-corrected chi connectivity index (χ0v) is 43.8. The number of nitrogens with one attached hydrogen (secondary N) is 2. The van der Waals surface area contributed by atoms with Gasteiger partial charge in [-0.2, -0.15) is 15.5 Å². The van der Waals surface area contributed by atoms with Crippen LogP contribution in [-0.2, 0) is 15.5 Å². The molecule has 6 aliphatic rings. The van der Waals surface area contributed by atoms with Crippen LogP contribution in [0.1, 0.15) is 95.3 Å². The summed E-state index contributed by atoms with van der Waals surface area (Å²) in [6.07, 6.45) is 12.2. The SMILES string of the molecule is CC(C)(C)OC(=O)N1CC2(C1)CN(c1ccc(N)cc1F)C2.CS(=O)c1ncc2cc(C#N)c(=O)n(C3CCCC3)c2n1.N#Cc1cc2cnc(Nc3ccc(N4CC5(CNC5)C4)c(F)c3)nc2n(C2CCCC2)c1=O. The van der Waals surface area contributed by atoms with Crippen molar-refractivity contribution in [2.75, 3.05) is 79.5 Å². The first-order valence-corrected chi connectivity index (χ1v) is 27.2. The number of anilines is 5. The lowest BCUT2D eigenvalue weighted by Gasteiger charge is -2.60. The molecule has 2 saturated carbocycles. The molecule has 4 aliphatic heterocycles. The van der Waals surface area contributed by atoms with Gasteiger partial charge < -0.3 is 35.8 Å². The standard InChI is InChI=1S/C24H24FN7O.C16H22FN3O2.C14H14N4O2S/c25-19-8-17(5-6-20(19)31-13-24(14-31)11-27-12-24)29-23-28-10-16-7-15(9-26)22(33)32(21(16)30-23)18-3-1-2-4-18;1-15(2,3)22-14(21)20-9-16(10-20)7-19(8-16)13-5-4-11(18)6-12(13)17;1-21(20)14-16-8-10-6-9(7-15)13(19)18(12(10)17-14)11-4-2-3-5-11/h5-8,10,18,27H,1-4,11-14H2,(H,28,29,30);4-6H,7-10,18H2,1-3H3;6,8,11H,2-5H2,1H3. The average Bonchev–Trinajstić information content (AvgIpc) is 4.13. The summed E-state index contributed by atoms with van der Waals surface area (Å²) in [7, 11) is -1.31. The number of carbonyl (C=O) groups excluding carboxylic acids is 1. The monoisotopic (exact) mass is 1050 g/mol. The molecule has 4 saturated heterocycles. The third-order valence-corrected chi connectivity index (χ3v) is 15.8. The first-order chi connectivity index (χ1) is 36.3. The van der Waals surface area contributed by atoms with E-state index in [9.17, 15) is 32.6 Å². The van der Waals surface area contributed by atoms with Gasteiger partial charge in [0.15, 0.2) is 0 Å². The molecule has 12 rings (SSSR count). The van der Waals surface area contributed by atoms with Gasteiger partial charge in [0.05, 0.1) is 22.2 Å². The molecule has 8 heterocycles. The Morgan fingerprint density at radius 1 is 0.763 bits per heavy atom. The lowest BCUT2D eigenvalue weighted by Crippen LogP contribution is -2.73. The number of carbonyl (C=O) groups is 1. The van der Waals surface area contributed by atoms with Crippen molar-refractivity contribution in [3.05, 3.63) is 104 Å². The van der Waals surface area contributed by atoms with Crippen molar-refractivity contribution in [1.82, 2.24) is 39.3 Å². The molecule has 22 heteroatoms. The zero-order chi connectivity index (χ0) is 53.7. The minimum absolute atomic E-state index is 0.0264. The van der Waals surface area contributed by atoms with E-state index in [-0.39, 0.29) is 68.6 Å². The van der Waals surface area contributed by atoms with Crippen molar-refractivity contribution in [1.29, 1.82) is 10.5 Å². The van der Waals surface area contributed by atoms with Crippen LogP contribution in [-0.4, -0.2) is 108 Å². The first-order valence-electron chi connectivity index (χ1n) is 25.6. The van der Waals surface area contributed by atoms with Crippen molar-refractivity contribution >= 4 is 67.7 Å². The lowest BCUT2D eigenvalue weighted by atomic mass is 9.73. The fraction of sp³-hybridized carbons (Fsp3) is 0.463. The maximum atomic E-state index is 14.8. The molecular formula is C54H60F2N14O5S. The maximum absolute atomic E-state index is 14.8. The van der Waals surface area contributed by atoms with Crippen molar-refractivity contribution in [2.45, 2.75) is 95.0 Å². The molecule has 396 valence electrons. The van der Waals surface area contributed by atoms with Crippen LogP contribution in [0.2, 0.25) is 0 Å². The molecule has 76 heavy (non-hydrogen) atoms. The van der Waals surface area contributed by atoms with E-state index in [1.165, 1.54) is 30.7 Å². The van der Waals surface area contributed by atoms with E-state index < -0.39 is 16.4 Å². The first kappa shape index (κ1) is 51.9. The summed E-state index contributed by atoms with van der Waals surface area (Å²) in [5.74, 6) is -0.295. The number of amides is 1. The van der Waals surface area contributed by atoms with Crippen molar-refractivity contribution in [3.63, 3.8) is 0 Å². The Bertz CT molecular complexity index is 3480. The summed E-state index contributed by atoms with van der Waals surface area (Å²) in [5.41, 5.74) is 8.20. The van der Waals surface area contributed by atoms with Crippen molar-refractivity contribution < 1.29 is 22.5 Å². The normalized spacial score (nSPS) is 18.8. The highest BCUT2D eigenvalue weighted by Crippen LogP contribution is 2.44. The molecule has 0 bridgehead atoms. The number of benzene rings is 2. The van der Waals surface area contributed by atoms with E-state index in [4.69, 9.17) is 15.7 Å². The molecule has 4 aromatic heterocycles. The number of aromatic nitrogens is 6. The van der Waals surface area contributed by atoms with Gasteiger partial charge in [-0.25, -0.2) is 28.5 Å². The van der Waals surface area contributed by atoms with Gasteiger partial charge in [0.25, 0.3) is 11.1 Å². The Kier molecular flexibility index (Phi) is 14.0. The number of nitrogens with two attached hydrogens (primary N) is 1. The van der Waals surface area contributed by atoms with Gasteiger partial charge in [-0.1, -0.05) is 25.7 Å². The molecule has 6 aromatic rings. The molecule has 2 aliphatic carbocycles. The van der Waals surface area contributed by atoms with E-state index in [0.29, 0.717) is 63.3 Å². The van der Waals surface area contributed by atoms with Gasteiger partial charge in [-0.05, 0) is 95.0 Å². The Morgan fingerprint density at radius 2 is 1.28 bits per heavy atom. The third-order valence-electron chi connectivity index (χ3n) is 15.1. The summed E-state index contributed by atoms with van der Waals surface area (Å²) < 4.78 is 48.9. The van der Waals surface area contributed by atoms with Crippen molar-refractivity contribution in [3.8, 4) is 12.1 Å². The van der Waals surface area contributed by atoms with Gasteiger partial charge >= 0.3 is 6.09 Å². The van der Waals surface area contributed by atoms with Crippen LogP contribution < -0.4 is 37.3 Å². The minimum atomic E-state index is -1.31. The second-order valence-electron chi connectivity index (χ2n) is 22.1. The van der Waals surface area contributed by atoms with Crippen LogP contribution in [0, 0.1) is 45.1 Å². The van der Waals surface area contributed by atoms with Crippen molar-refractivity contribution in [2.24, 2.45) is 10.8 Å². The molecule has 6 fully saturated rings. The number of nitrogen functional groups attached to an aromatic ring is 1. The highest BCUT2D eigenvalue weighted by molar-refractivity contribution is 7.84. The molecule has 2 aromatic carbocycles. The summed E-state index contributed by atoms with van der Waals surface area (Å²) >= 11 is 0. The molecule has 4 N–H and O–H groups in total. The lowest BCUT2D eigenvalue weighted by molar-refractivity contribution is -0.0454. The number of nitrogens with zero attached hydrogens (tertiary/aromatic N) is 11.